The highest BCUT2D eigenvalue weighted by atomic mass is 35.5. The van der Waals surface area contributed by atoms with Gasteiger partial charge in [-0.25, -0.2) is 4.99 Å². The highest BCUT2D eigenvalue weighted by Gasteiger charge is 2.26. The molecule has 6 nitrogen and oxygen atoms in total. The van der Waals surface area contributed by atoms with Crippen LogP contribution in [0.2, 0.25) is 5.02 Å². The smallest absolute Gasteiger partial charge is 0.248 e. The first kappa shape index (κ1) is 18.1. The van der Waals surface area contributed by atoms with Gasteiger partial charge in [-0.1, -0.05) is 23.7 Å². The Bertz CT molecular complexity index is 838. The minimum Gasteiger partial charge on any atom is -0.493 e. The van der Waals surface area contributed by atoms with Gasteiger partial charge in [0.25, 0.3) is 0 Å². The van der Waals surface area contributed by atoms with Crippen LogP contribution in [0.5, 0.6) is 11.5 Å². The second-order valence-corrected chi connectivity index (χ2v) is 6.11. The first-order valence-corrected chi connectivity index (χ1v) is 8.43. The molecule has 0 aliphatic carbocycles. The lowest BCUT2D eigenvalue weighted by Gasteiger charge is -2.11. The van der Waals surface area contributed by atoms with Gasteiger partial charge in [0.05, 0.1) is 14.2 Å². The Kier molecular flexibility index (Phi) is 5.63. The van der Waals surface area contributed by atoms with Crippen LogP contribution in [-0.4, -0.2) is 38.7 Å². The summed E-state index contributed by atoms with van der Waals surface area (Å²) in [5, 5.41) is 3.46. The molecule has 26 heavy (non-hydrogen) atoms. The summed E-state index contributed by atoms with van der Waals surface area (Å²) >= 11 is 5.98. The van der Waals surface area contributed by atoms with Gasteiger partial charge in [0.2, 0.25) is 11.8 Å². The van der Waals surface area contributed by atoms with Crippen molar-refractivity contribution < 1.29 is 19.0 Å². The van der Waals surface area contributed by atoms with Crippen molar-refractivity contribution >= 4 is 23.4 Å². The zero-order valence-corrected chi connectivity index (χ0v) is 15.2. The molecular weight excluding hydrogens is 356 g/mol. The van der Waals surface area contributed by atoms with E-state index in [1.54, 1.807) is 32.4 Å². The third kappa shape index (κ3) is 4.08. The Hall–Kier alpha value is -2.73. The van der Waals surface area contributed by atoms with Crippen LogP contribution >= 0.6 is 11.6 Å². The minimum atomic E-state index is -0.580. The summed E-state index contributed by atoms with van der Waals surface area (Å²) in [5.74, 6) is 1.49. The van der Waals surface area contributed by atoms with E-state index in [1.165, 1.54) is 0 Å². The Morgan fingerprint density at radius 1 is 1.23 bits per heavy atom. The predicted molar refractivity (Wildman–Crippen MR) is 99.1 cm³/mol. The number of benzene rings is 2. The van der Waals surface area contributed by atoms with E-state index in [0.717, 1.165) is 11.1 Å². The predicted octanol–water partition coefficient (Wildman–Crippen LogP) is 2.82. The molecule has 136 valence electrons. The second kappa shape index (κ2) is 8.10. The van der Waals surface area contributed by atoms with E-state index >= 15 is 0 Å². The Labute approximate surface area is 156 Å². The highest BCUT2D eigenvalue weighted by Crippen LogP contribution is 2.27. The molecule has 0 unspecified atom stereocenters. The molecule has 0 saturated heterocycles. The molecule has 3 rings (SSSR count). The molecule has 1 N–H and O–H groups in total. The number of nitrogens with zero attached hydrogens (tertiary/aromatic N) is 1. The van der Waals surface area contributed by atoms with E-state index in [-0.39, 0.29) is 12.5 Å². The molecule has 0 spiro atoms. The fourth-order valence-corrected chi connectivity index (χ4v) is 2.78. The van der Waals surface area contributed by atoms with Crippen molar-refractivity contribution in [3.8, 4) is 11.5 Å². The summed E-state index contributed by atoms with van der Waals surface area (Å²) in [4.78, 5) is 16.7. The number of hydrogen-bond donors (Lipinski definition) is 1. The van der Waals surface area contributed by atoms with E-state index in [1.807, 2.05) is 24.3 Å². The third-order valence-corrected chi connectivity index (χ3v) is 4.18. The van der Waals surface area contributed by atoms with Crippen molar-refractivity contribution in [3.05, 3.63) is 58.6 Å². The van der Waals surface area contributed by atoms with E-state index in [9.17, 15) is 4.79 Å². The topological polar surface area (TPSA) is 69.2 Å². The molecule has 2 aromatic rings. The molecule has 1 atom stereocenters. The number of carbonyl (C=O) groups excluding carboxylic acids is 1. The van der Waals surface area contributed by atoms with Crippen LogP contribution in [0.3, 0.4) is 0 Å². The molecule has 2 aromatic carbocycles. The van der Waals surface area contributed by atoms with Gasteiger partial charge in [0.1, 0.15) is 6.61 Å². The summed E-state index contributed by atoms with van der Waals surface area (Å²) in [6.45, 7) is 0.567. The van der Waals surface area contributed by atoms with Crippen LogP contribution in [0.1, 0.15) is 11.1 Å². The average Bonchev–Trinajstić information content (AvgIpc) is 3.16. The molecule has 0 radical (unpaired) electrons. The molecule has 1 heterocycles. The van der Waals surface area contributed by atoms with Gasteiger partial charge in [-0.2, -0.15) is 0 Å². The number of hydrogen-bond acceptors (Lipinski definition) is 5. The average molecular weight is 375 g/mol. The summed E-state index contributed by atoms with van der Waals surface area (Å²) in [5.41, 5.74) is 1.65. The van der Waals surface area contributed by atoms with Crippen LogP contribution in [0.25, 0.3) is 0 Å². The van der Waals surface area contributed by atoms with E-state index in [2.05, 4.69) is 10.3 Å². The van der Waals surface area contributed by atoms with Gasteiger partial charge in [0, 0.05) is 17.1 Å². The van der Waals surface area contributed by atoms with Crippen LogP contribution < -0.4 is 14.8 Å². The number of carbonyl (C=O) groups is 1. The molecule has 0 fully saturated rings. The molecule has 0 bridgehead atoms. The van der Waals surface area contributed by atoms with Crippen molar-refractivity contribution in [1.82, 2.24) is 5.32 Å². The highest BCUT2D eigenvalue weighted by molar-refractivity contribution is 6.31. The molecule has 7 heteroatoms. The van der Waals surface area contributed by atoms with Gasteiger partial charge in [-0.05, 0) is 35.9 Å². The first-order valence-electron chi connectivity index (χ1n) is 8.06. The van der Waals surface area contributed by atoms with Gasteiger partial charge in [-0.15, -0.1) is 0 Å². The Balaban J connectivity index is 1.62. The third-order valence-electron chi connectivity index (χ3n) is 3.94. The van der Waals surface area contributed by atoms with Crippen molar-refractivity contribution in [2.45, 2.75) is 12.6 Å². The molecule has 1 aliphatic heterocycles. The number of amides is 1. The maximum atomic E-state index is 12.4. The standard InChI is InChI=1S/C19H19ClN2O4/c1-24-16-7-6-12(8-17(16)25-2)10-21-18(23)15-11-26-19(22-15)13-4-3-5-14(20)9-13/h3-9,15H,10-11H2,1-2H3,(H,21,23)/t15-/m0/s1. The van der Waals surface area contributed by atoms with Crippen molar-refractivity contribution in [2.24, 2.45) is 4.99 Å². The number of methoxy groups -OCH3 is 2. The fraction of sp³-hybridized carbons (Fsp3) is 0.263. The maximum absolute atomic E-state index is 12.4. The van der Waals surface area contributed by atoms with Crippen LogP contribution in [0.4, 0.5) is 0 Å². The number of aliphatic imine (C=N–C) groups is 1. The quantitative estimate of drug-likeness (QED) is 0.844. The number of nitrogens with one attached hydrogen (secondary N) is 1. The molecule has 0 aromatic heterocycles. The lowest BCUT2D eigenvalue weighted by Crippen LogP contribution is -2.33. The number of ether oxygens (including phenoxy) is 3. The summed E-state index contributed by atoms with van der Waals surface area (Å²) in [7, 11) is 3.15. The normalized spacial score (nSPS) is 15.8. The lowest BCUT2D eigenvalue weighted by atomic mass is 10.2. The van der Waals surface area contributed by atoms with Gasteiger partial charge < -0.3 is 19.5 Å². The van der Waals surface area contributed by atoms with E-state index in [4.69, 9.17) is 25.8 Å². The molecule has 1 amide bonds. The molecule has 0 saturated carbocycles. The van der Waals surface area contributed by atoms with Gasteiger partial charge in [-0.3, -0.25) is 4.79 Å². The Morgan fingerprint density at radius 2 is 2.04 bits per heavy atom. The SMILES string of the molecule is COc1ccc(CNC(=O)[C@@H]2COC(c3cccc(Cl)c3)=N2)cc1OC. The fourth-order valence-electron chi connectivity index (χ4n) is 2.59. The molecular formula is C19H19ClN2O4. The van der Waals surface area contributed by atoms with Crippen LogP contribution in [-0.2, 0) is 16.1 Å². The summed E-state index contributed by atoms with van der Waals surface area (Å²) in [6, 6.07) is 12.1. The van der Waals surface area contributed by atoms with Crippen LogP contribution in [0, 0.1) is 0 Å². The number of rotatable bonds is 6. The zero-order chi connectivity index (χ0) is 18.5. The van der Waals surface area contributed by atoms with Crippen molar-refractivity contribution in [2.75, 3.05) is 20.8 Å². The lowest BCUT2D eigenvalue weighted by molar-refractivity contribution is -0.122. The summed E-state index contributed by atoms with van der Waals surface area (Å²) < 4.78 is 16.0. The largest absolute Gasteiger partial charge is 0.493 e. The summed E-state index contributed by atoms with van der Waals surface area (Å²) in [6.07, 6.45) is 0. The Morgan fingerprint density at radius 3 is 2.77 bits per heavy atom. The second-order valence-electron chi connectivity index (χ2n) is 5.68. The zero-order valence-electron chi connectivity index (χ0n) is 14.5. The van der Waals surface area contributed by atoms with Gasteiger partial charge in [0.15, 0.2) is 17.5 Å². The minimum absolute atomic E-state index is 0.197. The van der Waals surface area contributed by atoms with Crippen molar-refractivity contribution in [3.63, 3.8) is 0 Å². The van der Waals surface area contributed by atoms with Gasteiger partial charge >= 0.3 is 0 Å². The van der Waals surface area contributed by atoms with E-state index < -0.39 is 6.04 Å². The maximum Gasteiger partial charge on any atom is 0.248 e. The van der Waals surface area contributed by atoms with Crippen molar-refractivity contribution in [1.29, 1.82) is 0 Å². The van der Waals surface area contributed by atoms with E-state index in [0.29, 0.717) is 29.0 Å². The van der Waals surface area contributed by atoms with Crippen LogP contribution in [0.15, 0.2) is 47.5 Å². The first-order chi connectivity index (χ1) is 12.6. The molecule has 1 aliphatic rings. The monoisotopic (exact) mass is 374 g/mol. The number of halogens is 1.